The van der Waals surface area contributed by atoms with E-state index in [9.17, 15) is 18.0 Å². The van der Waals surface area contributed by atoms with E-state index >= 15 is 0 Å². The van der Waals surface area contributed by atoms with Gasteiger partial charge in [-0.15, -0.1) is 0 Å². The predicted molar refractivity (Wildman–Crippen MR) is 107 cm³/mol. The van der Waals surface area contributed by atoms with Gasteiger partial charge in [-0.1, -0.05) is 12.1 Å². The first-order valence-electron chi connectivity index (χ1n) is 9.86. The number of hydrogen-bond donors (Lipinski definition) is 1. The molecule has 2 fully saturated rings. The molecule has 2 saturated carbocycles. The number of nitrogens with one attached hydrogen (secondary N) is 1. The van der Waals surface area contributed by atoms with Crippen LogP contribution in [-0.4, -0.2) is 35.3 Å². The number of hydrogen-bond acceptors (Lipinski definition) is 6. The summed E-state index contributed by atoms with van der Waals surface area (Å²) >= 11 is 0. The van der Waals surface area contributed by atoms with E-state index < -0.39 is 15.8 Å². The number of rotatable bonds is 7. The number of Topliss-reactive ketones (excluding diaryl/α,β-unsaturated/α-hetero) is 1. The Morgan fingerprint density at radius 2 is 1.90 bits per heavy atom. The van der Waals surface area contributed by atoms with Crippen molar-refractivity contribution in [1.82, 2.24) is 9.97 Å². The summed E-state index contributed by atoms with van der Waals surface area (Å²) in [5.41, 5.74) is 0.737. The Morgan fingerprint density at radius 3 is 2.48 bits per heavy atom. The van der Waals surface area contributed by atoms with E-state index in [0.29, 0.717) is 42.8 Å². The maximum Gasteiger partial charge on any atom is 0.233 e. The maximum absolute atomic E-state index is 13.0. The van der Waals surface area contributed by atoms with Gasteiger partial charge in [-0.3, -0.25) is 14.6 Å². The van der Waals surface area contributed by atoms with Gasteiger partial charge in [0.1, 0.15) is 5.78 Å². The summed E-state index contributed by atoms with van der Waals surface area (Å²) in [6.45, 7) is 0. The molecule has 152 valence electrons. The Kier molecular flexibility index (Phi) is 5.45. The average Bonchev–Trinajstić information content (AvgIpc) is 3.50. The minimum absolute atomic E-state index is 0.148. The first-order valence-corrected chi connectivity index (χ1v) is 11.4. The number of carbonyl (C=O) groups excluding carboxylic acids is 2. The molecule has 2 aromatic rings. The Hall–Kier alpha value is -2.61. The zero-order valence-corrected chi connectivity index (χ0v) is 16.8. The average molecular weight is 413 g/mol. The molecule has 0 aliphatic heterocycles. The molecule has 2 aliphatic carbocycles. The Balaban J connectivity index is 1.57. The minimum atomic E-state index is -3.27. The number of sulfone groups is 1. The highest BCUT2D eigenvalue weighted by Gasteiger charge is 2.37. The van der Waals surface area contributed by atoms with Gasteiger partial charge >= 0.3 is 0 Å². The highest BCUT2D eigenvalue weighted by molar-refractivity contribution is 7.92. The lowest BCUT2D eigenvalue weighted by atomic mass is 9.87. The molecule has 0 radical (unpaired) electrons. The van der Waals surface area contributed by atoms with Crippen LogP contribution in [-0.2, 0) is 19.4 Å². The second-order valence-corrected chi connectivity index (χ2v) is 10.1. The van der Waals surface area contributed by atoms with Crippen LogP contribution < -0.4 is 5.32 Å². The number of nitrogens with zero attached hydrogens (tertiary/aromatic N) is 2. The molecule has 2 atom stereocenters. The van der Waals surface area contributed by atoms with Gasteiger partial charge in [-0.25, -0.2) is 13.4 Å². The van der Waals surface area contributed by atoms with Gasteiger partial charge in [0, 0.05) is 25.2 Å². The third-order valence-corrected chi connectivity index (χ3v) is 7.90. The highest BCUT2D eigenvalue weighted by atomic mass is 32.2. The quantitative estimate of drug-likeness (QED) is 0.748. The maximum atomic E-state index is 13.0. The third kappa shape index (κ3) is 4.53. The van der Waals surface area contributed by atoms with Crippen LogP contribution >= 0.6 is 0 Å². The molecule has 8 heteroatoms. The first kappa shape index (κ1) is 19.7. The molecule has 2 unspecified atom stereocenters. The second-order valence-electron chi connectivity index (χ2n) is 7.83. The normalized spacial score (nSPS) is 20.4. The molecule has 2 aliphatic rings. The monoisotopic (exact) mass is 413 g/mol. The Morgan fingerprint density at radius 1 is 1.14 bits per heavy atom. The molecule has 1 N–H and O–H groups in total. The van der Waals surface area contributed by atoms with Crippen molar-refractivity contribution < 1.29 is 18.0 Å². The Labute approximate surface area is 169 Å². The number of carbonyl (C=O) groups is 2. The van der Waals surface area contributed by atoms with Crippen molar-refractivity contribution >= 4 is 27.3 Å². The topological polar surface area (TPSA) is 106 Å². The fourth-order valence-electron chi connectivity index (χ4n) is 3.86. The molecule has 0 bridgehead atoms. The standard InChI is InChI=1S/C21H23N3O4S/c25-16-4-1-14(11-16)12-19(21(26)24-20-13-22-9-10-23-20)15-2-5-17(6-3-15)29(27,28)18-7-8-18/h2-3,5-6,9-10,13-14,18-19H,1,4,7-8,11-12H2,(H,23,24,26). The van der Waals surface area contributed by atoms with E-state index in [1.165, 1.54) is 18.6 Å². The van der Waals surface area contributed by atoms with Gasteiger partial charge in [0.15, 0.2) is 15.7 Å². The molecular weight excluding hydrogens is 390 g/mol. The number of amides is 1. The van der Waals surface area contributed by atoms with E-state index in [1.54, 1.807) is 24.3 Å². The molecule has 29 heavy (non-hydrogen) atoms. The van der Waals surface area contributed by atoms with Gasteiger partial charge in [-0.05, 0) is 49.3 Å². The van der Waals surface area contributed by atoms with Crippen molar-refractivity contribution in [1.29, 1.82) is 0 Å². The van der Waals surface area contributed by atoms with E-state index in [-0.39, 0.29) is 22.9 Å². The van der Waals surface area contributed by atoms with Crippen molar-refractivity contribution in [3.05, 3.63) is 48.4 Å². The second kappa shape index (κ2) is 8.02. The van der Waals surface area contributed by atoms with E-state index in [4.69, 9.17) is 0 Å². The molecule has 1 aromatic carbocycles. The van der Waals surface area contributed by atoms with Crippen LogP contribution in [0.2, 0.25) is 0 Å². The van der Waals surface area contributed by atoms with Crippen LogP contribution in [0.4, 0.5) is 5.82 Å². The smallest absolute Gasteiger partial charge is 0.233 e. The van der Waals surface area contributed by atoms with E-state index in [1.807, 2.05) is 0 Å². The zero-order chi connectivity index (χ0) is 20.4. The SMILES string of the molecule is O=C1CCC(CC(C(=O)Nc2cnccn2)c2ccc(S(=O)(=O)C3CC3)cc2)C1. The minimum Gasteiger partial charge on any atom is -0.309 e. The predicted octanol–water partition coefficient (Wildman–Crippen LogP) is 2.89. The summed E-state index contributed by atoms with van der Waals surface area (Å²) in [5.74, 6) is 0.00936. The molecule has 0 saturated heterocycles. The van der Waals surface area contributed by atoms with Crippen LogP contribution in [0.25, 0.3) is 0 Å². The fraction of sp³-hybridized carbons (Fsp3) is 0.429. The van der Waals surface area contributed by atoms with Crippen molar-refractivity contribution in [2.24, 2.45) is 5.92 Å². The lowest BCUT2D eigenvalue weighted by molar-refractivity contribution is -0.119. The van der Waals surface area contributed by atoms with Gasteiger partial charge in [0.25, 0.3) is 0 Å². The summed E-state index contributed by atoms with van der Waals surface area (Å²) in [6, 6.07) is 6.61. The zero-order valence-electron chi connectivity index (χ0n) is 16.0. The molecule has 1 heterocycles. The lowest BCUT2D eigenvalue weighted by Crippen LogP contribution is -2.24. The van der Waals surface area contributed by atoms with Gasteiger partial charge in [0.2, 0.25) is 5.91 Å². The van der Waals surface area contributed by atoms with Gasteiger partial charge in [0.05, 0.1) is 22.3 Å². The van der Waals surface area contributed by atoms with Gasteiger partial charge in [-0.2, -0.15) is 0 Å². The molecule has 0 spiro atoms. The summed E-state index contributed by atoms with van der Waals surface area (Å²) in [5, 5.41) is 2.51. The van der Waals surface area contributed by atoms with Crippen LogP contribution in [0.1, 0.15) is 50.0 Å². The summed E-state index contributed by atoms with van der Waals surface area (Å²) in [7, 11) is -3.27. The number of anilines is 1. The van der Waals surface area contributed by atoms with Crippen molar-refractivity contribution in [2.45, 2.75) is 54.6 Å². The lowest BCUT2D eigenvalue weighted by Gasteiger charge is -2.20. The Bertz CT molecular complexity index is 1000. The van der Waals surface area contributed by atoms with Crippen LogP contribution in [0.3, 0.4) is 0 Å². The molecular formula is C21H23N3O4S. The van der Waals surface area contributed by atoms with Crippen LogP contribution in [0, 0.1) is 5.92 Å². The highest BCUT2D eigenvalue weighted by Crippen LogP contribution is 2.36. The van der Waals surface area contributed by atoms with Crippen molar-refractivity contribution in [3.63, 3.8) is 0 Å². The molecule has 1 amide bonds. The number of benzene rings is 1. The third-order valence-electron chi connectivity index (χ3n) is 5.62. The van der Waals surface area contributed by atoms with Crippen molar-refractivity contribution in [2.75, 3.05) is 5.32 Å². The van der Waals surface area contributed by atoms with E-state index in [0.717, 1.165) is 12.0 Å². The molecule has 1 aromatic heterocycles. The van der Waals surface area contributed by atoms with Crippen LogP contribution in [0.15, 0.2) is 47.8 Å². The summed E-state index contributed by atoms with van der Waals surface area (Å²) < 4.78 is 24.9. The number of aromatic nitrogens is 2. The van der Waals surface area contributed by atoms with Gasteiger partial charge < -0.3 is 5.32 Å². The largest absolute Gasteiger partial charge is 0.309 e. The van der Waals surface area contributed by atoms with Crippen LogP contribution in [0.5, 0.6) is 0 Å². The molecule has 7 nitrogen and oxygen atoms in total. The molecule has 4 rings (SSSR count). The fourth-order valence-corrected chi connectivity index (χ4v) is 5.51. The first-order chi connectivity index (χ1) is 13.9. The van der Waals surface area contributed by atoms with E-state index in [2.05, 4.69) is 15.3 Å². The summed E-state index contributed by atoms with van der Waals surface area (Å²) in [4.78, 5) is 33.0. The number of ketones is 1. The summed E-state index contributed by atoms with van der Waals surface area (Å²) in [6.07, 6.45) is 8.28. The van der Waals surface area contributed by atoms with Crippen molar-refractivity contribution in [3.8, 4) is 0 Å².